The van der Waals surface area contributed by atoms with Crippen LogP contribution in [0.4, 0.5) is 0 Å². The highest BCUT2D eigenvalue weighted by Crippen LogP contribution is 2.30. The largest absolute Gasteiger partial charge is 0.481 e. The standard InChI is InChI=1S/C28H30N4O7/c1-28(2,3)21(14-33)31-25(34)16-7-10-18(20(13-16)26(35)36)19-11-12-22(38-4)32-23(19)27(37)39-17-8-5-15(6-9-17)24(29)30/h5-13,21,33H,14H2,1-4H3,(H3,29,30)(H,31,34)(H,35,36)/t21-/m1/s1. The summed E-state index contributed by atoms with van der Waals surface area (Å²) in [7, 11) is 1.37. The van der Waals surface area contributed by atoms with E-state index in [4.69, 9.17) is 20.6 Å². The van der Waals surface area contributed by atoms with E-state index in [1.165, 1.54) is 61.7 Å². The molecule has 3 rings (SSSR count). The predicted octanol–water partition coefficient (Wildman–Crippen LogP) is 3.10. The van der Waals surface area contributed by atoms with E-state index in [2.05, 4.69) is 10.3 Å². The zero-order valence-corrected chi connectivity index (χ0v) is 21.9. The lowest BCUT2D eigenvalue weighted by Crippen LogP contribution is -2.46. The van der Waals surface area contributed by atoms with Crippen molar-refractivity contribution in [3.05, 3.63) is 77.0 Å². The number of esters is 1. The quantitative estimate of drug-likeness (QED) is 0.119. The highest BCUT2D eigenvalue weighted by molar-refractivity contribution is 6.05. The van der Waals surface area contributed by atoms with Crippen LogP contribution >= 0.6 is 0 Å². The summed E-state index contributed by atoms with van der Waals surface area (Å²) in [5.74, 6) is -2.66. The first-order chi connectivity index (χ1) is 18.3. The molecule has 11 nitrogen and oxygen atoms in total. The van der Waals surface area contributed by atoms with Gasteiger partial charge in [-0.05, 0) is 53.4 Å². The number of nitrogen functional groups attached to an aromatic ring is 1. The van der Waals surface area contributed by atoms with Crippen molar-refractivity contribution < 1.29 is 34.1 Å². The van der Waals surface area contributed by atoms with Gasteiger partial charge in [-0.15, -0.1) is 0 Å². The van der Waals surface area contributed by atoms with Gasteiger partial charge in [0.25, 0.3) is 5.91 Å². The molecule has 11 heteroatoms. The Morgan fingerprint density at radius 3 is 2.18 bits per heavy atom. The number of benzene rings is 2. The van der Waals surface area contributed by atoms with Crippen molar-refractivity contribution in [1.29, 1.82) is 5.41 Å². The Bertz CT molecular complexity index is 1410. The Labute approximate surface area is 225 Å². The molecule has 0 aliphatic heterocycles. The van der Waals surface area contributed by atoms with Gasteiger partial charge in [-0.25, -0.2) is 14.6 Å². The third kappa shape index (κ3) is 6.76. The first kappa shape index (κ1) is 28.8. The lowest BCUT2D eigenvalue weighted by atomic mass is 9.87. The Kier molecular flexibility index (Phi) is 8.67. The molecule has 0 bridgehead atoms. The number of rotatable bonds is 9. The number of aromatic carboxylic acids is 1. The highest BCUT2D eigenvalue weighted by Gasteiger charge is 2.27. The van der Waals surface area contributed by atoms with Crippen LogP contribution in [0.1, 0.15) is 57.5 Å². The zero-order valence-electron chi connectivity index (χ0n) is 21.9. The molecule has 0 aliphatic carbocycles. The fraction of sp³-hybridized carbons (Fsp3) is 0.250. The number of hydrogen-bond acceptors (Lipinski definition) is 8. The number of carbonyl (C=O) groups excluding carboxylic acids is 2. The molecule has 0 spiro atoms. The molecule has 204 valence electrons. The van der Waals surface area contributed by atoms with Crippen molar-refractivity contribution in [3.8, 4) is 22.8 Å². The van der Waals surface area contributed by atoms with Crippen molar-refractivity contribution in [2.75, 3.05) is 13.7 Å². The molecule has 0 aliphatic rings. The first-order valence-corrected chi connectivity index (χ1v) is 11.9. The molecule has 0 unspecified atom stereocenters. The number of nitrogens with zero attached hydrogens (tertiary/aromatic N) is 1. The Balaban J connectivity index is 2.02. The average Bonchev–Trinajstić information content (AvgIpc) is 2.90. The molecule has 3 aromatic rings. The molecular formula is C28H30N4O7. The average molecular weight is 535 g/mol. The summed E-state index contributed by atoms with van der Waals surface area (Å²) in [6.45, 7) is 5.28. The normalized spacial score (nSPS) is 11.8. The molecule has 1 atom stereocenters. The zero-order chi connectivity index (χ0) is 28.9. The number of pyridine rings is 1. The Morgan fingerprint density at radius 1 is 1.03 bits per heavy atom. The molecule has 1 heterocycles. The Morgan fingerprint density at radius 2 is 1.64 bits per heavy atom. The lowest BCUT2D eigenvalue weighted by Gasteiger charge is -2.29. The van der Waals surface area contributed by atoms with Gasteiger partial charge in [-0.1, -0.05) is 26.8 Å². The molecule has 39 heavy (non-hydrogen) atoms. The number of nitrogens with two attached hydrogens (primary N) is 1. The maximum atomic E-state index is 13.2. The second kappa shape index (κ2) is 11.7. The van der Waals surface area contributed by atoms with Gasteiger partial charge in [-0.2, -0.15) is 0 Å². The van der Waals surface area contributed by atoms with E-state index in [9.17, 15) is 24.6 Å². The molecule has 0 radical (unpaired) electrons. The number of nitrogens with one attached hydrogen (secondary N) is 2. The monoisotopic (exact) mass is 534 g/mol. The van der Waals surface area contributed by atoms with Crippen LogP contribution in [0.25, 0.3) is 11.1 Å². The van der Waals surface area contributed by atoms with E-state index in [-0.39, 0.29) is 52.0 Å². The van der Waals surface area contributed by atoms with Crippen molar-refractivity contribution in [1.82, 2.24) is 10.3 Å². The molecule has 1 amide bonds. The summed E-state index contributed by atoms with van der Waals surface area (Å²) in [5, 5.41) is 29.8. The summed E-state index contributed by atoms with van der Waals surface area (Å²) in [5.41, 5.74) is 5.35. The number of aliphatic hydroxyl groups excluding tert-OH is 1. The van der Waals surface area contributed by atoms with Gasteiger partial charge in [0, 0.05) is 22.8 Å². The van der Waals surface area contributed by atoms with Crippen LogP contribution in [-0.2, 0) is 0 Å². The van der Waals surface area contributed by atoms with E-state index in [1.807, 2.05) is 20.8 Å². The van der Waals surface area contributed by atoms with Gasteiger partial charge >= 0.3 is 11.9 Å². The lowest BCUT2D eigenvalue weighted by molar-refractivity contribution is 0.0693. The predicted molar refractivity (Wildman–Crippen MR) is 143 cm³/mol. The van der Waals surface area contributed by atoms with Crippen LogP contribution in [0.2, 0.25) is 0 Å². The SMILES string of the molecule is COc1ccc(-c2ccc(C(=O)N[C@H](CO)C(C)(C)C)cc2C(=O)O)c(C(=O)Oc2ccc(C(=N)N)cc2)n1. The fourth-order valence-electron chi connectivity index (χ4n) is 3.66. The molecule has 0 saturated carbocycles. The van der Waals surface area contributed by atoms with Crippen LogP contribution in [0.3, 0.4) is 0 Å². The smallest absolute Gasteiger partial charge is 0.363 e. The summed E-state index contributed by atoms with van der Waals surface area (Å²) >= 11 is 0. The molecule has 6 N–H and O–H groups in total. The number of hydrogen-bond donors (Lipinski definition) is 5. The number of carboxylic acid groups (broad SMARTS) is 1. The van der Waals surface area contributed by atoms with Gasteiger partial charge in [0.2, 0.25) is 5.88 Å². The van der Waals surface area contributed by atoms with Crippen molar-refractivity contribution >= 4 is 23.7 Å². The Hall–Kier alpha value is -4.77. The van der Waals surface area contributed by atoms with Gasteiger partial charge in [0.05, 0.1) is 25.3 Å². The van der Waals surface area contributed by atoms with E-state index < -0.39 is 29.3 Å². The van der Waals surface area contributed by atoms with Crippen molar-refractivity contribution in [2.24, 2.45) is 11.1 Å². The van der Waals surface area contributed by atoms with Crippen LogP contribution in [0, 0.1) is 10.8 Å². The number of aliphatic hydroxyl groups is 1. The number of carbonyl (C=O) groups is 3. The topological polar surface area (TPSA) is 185 Å². The minimum atomic E-state index is -1.33. The number of amides is 1. The molecule has 1 aromatic heterocycles. The van der Waals surface area contributed by atoms with E-state index in [0.717, 1.165) is 0 Å². The summed E-state index contributed by atoms with van der Waals surface area (Å²) in [6, 6.07) is 12.4. The molecule has 2 aromatic carbocycles. The maximum Gasteiger partial charge on any atom is 0.363 e. The first-order valence-electron chi connectivity index (χ1n) is 11.9. The van der Waals surface area contributed by atoms with E-state index in [1.54, 1.807) is 0 Å². The second-order valence-corrected chi connectivity index (χ2v) is 9.72. The minimum absolute atomic E-state index is 0.0648. The van der Waals surface area contributed by atoms with Crippen LogP contribution < -0.4 is 20.5 Å². The number of aromatic nitrogens is 1. The number of ether oxygens (including phenoxy) is 2. The van der Waals surface area contributed by atoms with Crippen LogP contribution in [0.15, 0.2) is 54.6 Å². The van der Waals surface area contributed by atoms with Gasteiger partial charge in [0.1, 0.15) is 11.6 Å². The van der Waals surface area contributed by atoms with Gasteiger partial charge in [0.15, 0.2) is 5.69 Å². The van der Waals surface area contributed by atoms with Crippen molar-refractivity contribution in [3.63, 3.8) is 0 Å². The van der Waals surface area contributed by atoms with Crippen molar-refractivity contribution in [2.45, 2.75) is 26.8 Å². The number of methoxy groups -OCH3 is 1. The van der Waals surface area contributed by atoms with Gasteiger partial charge in [-0.3, -0.25) is 10.2 Å². The van der Waals surface area contributed by atoms with Crippen LogP contribution in [0.5, 0.6) is 11.6 Å². The summed E-state index contributed by atoms with van der Waals surface area (Å²) in [4.78, 5) is 42.5. The summed E-state index contributed by atoms with van der Waals surface area (Å²) < 4.78 is 10.6. The highest BCUT2D eigenvalue weighted by atomic mass is 16.5. The van der Waals surface area contributed by atoms with Crippen LogP contribution in [-0.4, -0.2) is 58.6 Å². The fourth-order valence-corrected chi connectivity index (χ4v) is 3.66. The third-order valence-electron chi connectivity index (χ3n) is 5.98. The van der Waals surface area contributed by atoms with E-state index >= 15 is 0 Å². The second-order valence-electron chi connectivity index (χ2n) is 9.72. The number of amidine groups is 1. The molecule has 0 fully saturated rings. The number of carboxylic acids is 1. The minimum Gasteiger partial charge on any atom is -0.481 e. The third-order valence-corrected chi connectivity index (χ3v) is 5.98. The van der Waals surface area contributed by atoms with Gasteiger partial charge < -0.3 is 30.7 Å². The maximum absolute atomic E-state index is 13.2. The van der Waals surface area contributed by atoms with E-state index in [0.29, 0.717) is 5.56 Å². The molecular weight excluding hydrogens is 504 g/mol. The molecule has 0 saturated heterocycles. The summed E-state index contributed by atoms with van der Waals surface area (Å²) in [6.07, 6.45) is 0.